The Balaban J connectivity index is 2.73. The van der Waals surface area contributed by atoms with E-state index < -0.39 is 7.12 Å². The van der Waals surface area contributed by atoms with Crippen LogP contribution in [0.2, 0.25) is 0 Å². The fourth-order valence-electron chi connectivity index (χ4n) is 0.700. The van der Waals surface area contributed by atoms with Crippen LogP contribution in [0, 0.1) is 6.92 Å². The molecule has 1 rings (SSSR count). The van der Waals surface area contributed by atoms with Gasteiger partial charge in [0, 0.05) is 4.78 Å². The van der Waals surface area contributed by atoms with Gasteiger partial charge in [-0.2, -0.15) is 11.3 Å². The molecule has 0 fully saturated rings. The van der Waals surface area contributed by atoms with E-state index in [2.05, 4.69) is 9.61 Å². The molecule has 1 heterocycles. The number of rotatable bonds is 3. The number of hydrogen-bond acceptors (Lipinski definition) is 5. The molecule has 0 amide bonds. The van der Waals surface area contributed by atoms with Crippen molar-refractivity contribution in [1.82, 2.24) is 0 Å². The summed E-state index contributed by atoms with van der Waals surface area (Å²) in [6.07, 6.45) is 0. The molecule has 6 heteroatoms. The summed E-state index contributed by atoms with van der Waals surface area (Å²) in [7, 11) is -1.09. The van der Waals surface area contributed by atoms with E-state index in [9.17, 15) is 0 Å². The Morgan fingerprint density at radius 1 is 1.45 bits per heavy atom. The minimum absolute atomic E-state index is 0.618. The summed E-state index contributed by atoms with van der Waals surface area (Å²) in [5.41, 5.74) is 1.03. The van der Waals surface area contributed by atoms with Crippen molar-refractivity contribution in [3.63, 3.8) is 0 Å². The highest BCUT2D eigenvalue weighted by Gasteiger charge is 2.23. The zero-order chi connectivity index (χ0) is 8.27. The molecule has 0 aromatic carbocycles. The average molecular weight is 174 g/mol. The van der Waals surface area contributed by atoms with E-state index in [4.69, 9.17) is 10.5 Å². The van der Waals surface area contributed by atoms with Gasteiger partial charge in [0.15, 0.2) is 0 Å². The lowest BCUT2D eigenvalue weighted by molar-refractivity contribution is -0.221. The van der Waals surface area contributed by atoms with Gasteiger partial charge in [-0.3, -0.25) is 20.1 Å². The molecule has 0 spiro atoms. The zero-order valence-corrected chi connectivity index (χ0v) is 6.67. The Morgan fingerprint density at radius 2 is 2.09 bits per heavy atom. The van der Waals surface area contributed by atoms with E-state index in [0.29, 0.717) is 4.78 Å². The third kappa shape index (κ3) is 2.01. The molecule has 60 valence electrons. The smallest absolute Gasteiger partial charge is 0.264 e. The molecule has 11 heavy (non-hydrogen) atoms. The van der Waals surface area contributed by atoms with Crippen molar-refractivity contribution in [1.29, 1.82) is 0 Å². The highest BCUT2D eigenvalue weighted by Crippen LogP contribution is 2.03. The lowest BCUT2D eigenvalue weighted by Gasteiger charge is -1.99. The van der Waals surface area contributed by atoms with Gasteiger partial charge in [-0.1, -0.05) is 0 Å². The first-order chi connectivity index (χ1) is 5.27. The van der Waals surface area contributed by atoms with Gasteiger partial charge in [0.25, 0.3) is 0 Å². The lowest BCUT2D eigenvalue weighted by Crippen LogP contribution is -2.32. The summed E-state index contributed by atoms with van der Waals surface area (Å²) in [6, 6.07) is 1.75. The summed E-state index contributed by atoms with van der Waals surface area (Å²) in [5.74, 6) is 0. The van der Waals surface area contributed by atoms with Crippen molar-refractivity contribution in [2.24, 2.45) is 0 Å². The molecule has 0 bridgehead atoms. The van der Waals surface area contributed by atoms with E-state index in [1.165, 1.54) is 11.3 Å². The molecule has 0 saturated carbocycles. The van der Waals surface area contributed by atoms with Crippen LogP contribution < -0.4 is 4.78 Å². The second kappa shape index (κ2) is 3.84. The van der Waals surface area contributed by atoms with Crippen LogP contribution in [0.15, 0.2) is 11.4 Å². The van der Waals surface area contributed by atoms with Gasteiger partial charge >= 0.3 is 7.12 Å². The first-order valence-electron chi connectivity index (χ1n) is 2.93. The van der Waals surface area contributed by atoms with Crippen molar-refractivity contribution < 1.29 is 20.1 Å². The molecule has 0 atom stereocenters. The van der Waals surface area contributed by atoms with Gasteiger partial charge in [0.1, 0.15) is 0 Å². The first kappa shape index (κ1) is 8.70. The average Bonchev–Trinajstić information content (AvgIpc) is 2.39. The Labute approximate surface area is 68.0 Å². The maximum atomic E-state index is 8.21. The van der Waals surface area contributed by atoms with Gasteiger partial charge in [0.05, 0.1) is 0 Å². The van der Waals surface area contributed by atoms with E-state index in [0.717, 1.165) is 5.56 Å². The molecule has 1 aromatic heterocycles. The van der Waals surface area contributed by atoms with Crippen LogP contribution in [0.4, 0.5) is 0 Å². The molecular weight excluding hydrogens is 167 g/mol. The summed E-state index contributed by atoms with van der Waals surface area (Å²) in [6.45, 7) is 1.89. The number of thiophene rings is 1. The SMILES string of the molecule is Cc1csc(B(OO)OO)c1. The third-order valence-corrected chi connectivity index (χ3v) is 2.25. The number of hydrogen-bond donors (Lipinski definition) is 2. The lowest BCUT2D eigenvalue weighted by atomic mass is 9.89. The molecule has 0 radical (unpaired) electrons. The van der Waals surface area contributed by atoms with E-state index in [-0.39, 0.29) is 0 Å². The maximum absolute atomic E-state index is 8.21. The zero-order valence-electron chi connectivity index (χ0n) is 5.85. The fourth-order valence-corrected chi connectivity index (χ4v) is 1.54. The van der Waals surface area contributed by atoms with Crippen molar-refractivity contribution in [3.8, 4) is 0 Å². The van der Waals surface area contributed by atoms with Crippen LogP contribution in [-0.4, -0.2) is 17.6 Å². The number of aryl methyl sites for hydroxylation is 1. The Morgan fingerprint density at radius 3 is 2.45 bits per heavy atom. The van der Waals surface area contributed by atoms with Crippen LogP contribution in [0.3, 0.4) is 0 Å². The van der Waals surface area contributed by atoms with Crippen molar-refractivity contribution in [3.05, 3.63) is 17.0 Å². The van der Waals surface area contributed by atoms with Gasteiger partial charge in [0.2, 0.25) is 0 Å². The molecule has 0 aliphatic rings. The molecule has 2 N–H and O–H groups in total. The van der Waals surface area contributed by atoms with Gasteiger partial charge in [-0.05, 0) is 23.9 Å². The summed E-state index contributed by atoms with van der Waals surface area (Å²) >= 11 is 1.34. The molecule has 1 aromatic rings. The van der Waals surface area contributed by atoms with Crippen molar-refractivity contribution in [2.45, 2.75) is 6.92 Å². The van der Waals surface area contributed by atoms with E-state index >= 15 is 0 Å². The minimum Gasteiger partial charge on any atom is -0.264 e. The summed E-state index contributed by atoms with van der Waals surface area (Å²) in [5, 5.41) is 18.3. The highest BCUT2D eigenvalue weighted by atomic mass is 32.1. The predicted molar refractivity (Wildman–Crippen MR) is 41.9 cm³/mol. The van der Waals surface area contributed by atoms with Gasteiger partial charge < -0.3 is 0 Å². The monoisotopic (exact) mass is 174 g/mol. The molecule has 4 nitrogen and oxygen atoms in total. The Bertz CT molecular complexity index is 222. The van der Waals surface area contributed by atoms with E-state index in [1.54, 1.807) is 6.07 Å². The molecular formula is C5H7BO4S. The topological polar surface area (TPSA) is 58.9 Å². The van der Waals surface area contributed by atoms with Crippen LogP contribution >= 0.6 is 11.3 Å². The summed E-state index contributed by atoms with van der Waals surface area (Å²) < 4.78 is 0.618. The minimum atomic E-state index is -1.09. The normalized spacial score (nSPS) is 10.1. The van der Waals surface area contributed by atoms with Crippen LogP contribution in [-0.2, 0) is 9.61 Å². The second-order valence-electron chi connectivity index (χ2n) is 2.07. The largest absolute Gasteiger partial charge is 0.563 e. The second-order valence-corrected chi connectivity index (χ2v) is 3.01. The maximum Gasteiger partial charge on any atom is 0.563 e. The van der Waals surface area contributed by atoms with Gasteiger partial charge in [-0.25, -0.2) is 0 Å². The quantitative estimate of drug-likeness (QED) is 0.402. The van der Waals surface area contributed by atoms with Gasteiger partial charge in [-0.15, -0.1) is 0 Å². The van der Waals surface area contributed by atoms with Crippen LogP contribution in [0.25, 0.3) is 0 Å². The van der Waals surface area contributed by atoms with Crippen molar-refractivity contribution >= 4 is 23.2 Å². The summed E-state index contributed by atoms with van der Waals surface area (Å²) in [4.78, 5) is 7.67. The Hall–Kier alpha value is -0.395. The van der Waals surface area contributed by atoms with Crippen LogP contribution in [0.1, 0.15) is 5.56 Å². The Kier molecular flexibility index (Phi) is 3.04. The third-order valence-electron chi connectivity index (χ3n) is 1.17. The predicted octanol–water partition coefficient (Wildman–Crippen LogP) is 0.731. The van der Waals surface area contributed by atoms with Crippen LogP contribution in [0.5, 0.6) is 0 Å². The fraction of sp³-hybridized carbons (Fsp3) is 0.200. The molecule has 0 saturated heterocycles. The standard InChI is InChI=1S/C5H7BO4S/c1-4-2-5(11-3-4)6(9-7)10-8/h2-3,7-8H,1H3. The molecule has 0 aliphatic heterocycles. The molecule has 0 aliphatic carbocycles. The molecule has 0 unspecified atom stereocenters. The highest BCUT2D eigenvalue weighted by molar-refractivity contribution is 7.20. The van der Waals surface area contributed by atoms with E-state index in [1.807, 2.05) is 12.3 Å². The van der Waals surface area contributed by atoms with Crippen molar-refractivity contribution in [2.75, 3.05) is 0 Å². The first-order valence-corrected chi connectivity index (χ1v) is 3.81.